The molecule has 0 N–H and O–H groups in total. The lowest BCUT2D eigenvalue weighted by Crippen LogP contribution is -2.04. The Kier molecular flexibility index (Phi) is 15.2. The fourth-order valence-electron chi connectivity index (χ4n) is 19.8. The molecule has 7 heterocycles. The van der Waals surface area contributed by atoms with Crippen LogP contribution in [-0.4, -0.2) is 29.1 Å². The van der Waals surface area contributed by atoms with Crippen LogP contribution in [0.3, 0.4) is 0 Å². The highest BCUT2D eigenvalue weighted by Gasteiger charge is 2.29. The van der Waals surface area contributed by atoms with E-state index in [2.05, 4.69) is 403 Å². The lowest BCUT2D eigenvalue weighted by Gasteiger charge is -2.14. The topological polar surface area (TPSA) is 87.7 Å². The lowest BCUT2D eigenvalue weighted by atomic mass is 9.93. The molecule has 123 heavy (non-hydrogen) atoms. The summed E-state index contributed by atoms with van der Waals surface area (Å²) in [6, 6.07) is 143. The van der Waals surface area contributed by atoms with Crippen LogP contribution in [0.5, 0.6) is 0 Å². The summed E-state index contributed by atoms with van der Waals surface area (Å²) >= 11 is 1.84. The van der Waals surface area contributed by atoms with Crippen LogP contribution < -0.4 is 0 Å². The van der Waals surface area contributed by atoms with Crippen LogP contribution in [0, 0.1) is 0 Å². The molecule has 0 amide bonds. The number of thiophene rings is 1. The van der Waals surface area contributed by atoms with E-state index in [4.69, 9.17) is 28.8 Å². The highest BCUT2D eigenvalue weighted by atomic mass is 32.1. The number of aromatic nitrogens is 6. The lowest BCUT2D eigenvalue weighted by molar-refractivity contribution is 0.670. The second kappa shape index (κ2) is 27.2. The Labute approximate surface area is 706 Å². The van der Waals surface area contributed by atoms with Gasteiger partial charge in [0, 0.05) is 95.9 Å². The van der Waals surface area contributed by atoms with Crippen molar-refractivity contribution in [3.8, 4) is 78.9 Å². The number of hydrogen-bond acceptors (Lipinski definition) is 7. The van der Waals surface area contributed by atoms with Crippen molar-refractivity contribution >= 4 is 195 Å². The third-order valence-electron chi connectivity index (χ3n) is 25.4. The Hall–Kier alpha value is -16.2. The molecule has 0 atom stereocenters. The maximum Gasteiger partial charge on any atom is 0.235 e. The van der Waals surface area contributed by atoms with Gasteiger partial charge in [0.25, 0.3) is 0 Å². The van der Waals surface area contributed by atoms with Gasteiger partial charge in [-0.15, -0.1) is 11.3 Å². The fourth-order valence-corrected chi connectivity index (χ4v) is 20.9. The first-order valence-electron chi connectivity index (χ1n) is 41.7. The molecule has 0 saturated carbocycles. The van der Waals surface area contributed by atoms with E-state index < -0.39 is 0 Å². The Morgan fingerprint density at radius 1 is 0.211 bits per heavy atom. The average Bonchev–Trinajstić information content (AvgIpc) is 1.54. The second-order valence-electron chi connectivity index (χ2n) is 32.1. The van der Waals surface area contributed by atoms with Crippen LogP contribution in [0.1, 0.15) is 0 Å². The van der Waals surface area contributed by atoms with Crippen LogP contribution in [0.4, 0.5) is 0 Å². The standard InChI is InChI=1S/C58H33N3OS.C56H33N3O/c1-2-13-34(14-3-1)36-16-12-17-39(31-36)54-46-29-25-35-15-4-5-18-40(35)55(46)60-58(59-54)61-48-23-10-8-22-44(48)52-42-20-6-7-21-43(42)53-45-28-26-38(33-49(45)62-57(53)56(52)61)37-27-30-51-47(32-37)41-19-9-11-24-50(41)63-51;1-2-13-34(14-3-1)35-25-27-38(28-26-35)52-46-32-29-37-16-5-7-19-42(37)53(46)58-56(57-52)59-48-23-10-8-20-44(48)50-47-33-39(41-22-12-17-36-15-4-6-18-40(36)41)30-31-43(47)51-45-21-9-11-24-49(45)60-55(51)54(50)59/h1-33H;1-33H. The van der Waals surface area contributed by atoms with Gasteiger partial charge in [-0.05, 0) is 160 Å². The maximum absolute atomic E-state index is 7.23. The van der Waals surface area contributed by atoms with Crippen molar-refractivity contribution in [2.75, 3.05) is 0 Å². The number of benzene rings is 20. The second-order valence-corrected chi connectivity index (χ2v) is 33.2. The number of furan rings is 2. The third-order valence-corrected chi connectivity index (χ3v) is 26.5. The summed E-state index contributed by atoms with van der Waals surface area (Å²) in [5.41, 5.74) is 22.2. The van der Waals surface area contributed by atoms with Gasteiger partial charge >= 0.3 is 0 Å². The van der Waals surface area contributed by atoms with Crippen LogP contribution >= 0.6 is 11.3 Å². The van der Waals surface area contributed by atoms with E-state index in [0.29, 0.717) is 11.9 Å². The minimum atomic E-state index is 0.596. The minimum Gasteiger partial charge on any atom is -0.454 e. The molecule has 9 heteroatoms. The van der Waals surface area contributed by atoms with E-state index in [1.165, 1.54) is 53.0 Å². The smallest absolute Gasteiger partial charge is 0.235 e. The third kappa shape index (κ3) is 10.7. The molecular formula is C114H66N6O2S. The van der Waals surface area contributed by atoms with Gasteiger partial charge in [-0.1, -0.05) is 328 Å². The van der Waals surface area contributed by atoms with E-state index >= 15 is 0 Å². The summed E-state index contributed by atoms with van der Waals surface area (Å²) in [4.78, 5) is 22.3. The molecular weight excluding hydrogens is 1520 g/mol. The molecule has 0 fully saturated rings. The minimum absolute atomic E-state index is 0.596. The number of rotatable bonds is 8. The Morgan fingerprint density at radius 3 is 1.28 bits per heavy atom. The highest BCUT2D eigenvalue weighted by molar-refractivity contribution is 7.25. The fraction of sp³-hybridized carbons (Fsp3) is 0. The van der Waals surface area contributed by atoms with Gasteiger partial charge < -0.3 is 8.83 Å². The SMILES string of the molecule is c1ccc(-c2ccc(-c3nc(-n4c5ccccc5c5c6cc(-c7cccc8ccccc78)ccc6c6c7ccccc7oc6c54)nc4c3ccc3ccccc34)cc2)cc1.c1ccc(-c2cccc(-c3nc(-n4c5ccccc5c5c6ccccc6c6c7ccc(-c8ccc9sc%10ccccc%10c9c8)cc7oc6c54)nc4c3ccc3ccccc34)c2)cc1. The molecule has 0 saturated heterocycles. The zero-order chi connectivity index (χ0) is 80.5. The van der Waals surface area contributed by atoms with Crippen molar-refractivity contribution in [2.24, 2.45) is 0 Å². The number of fused-ring (bicyclic) bond motifs is 30. The molecule has 8 nitrogen and oxygen atoms in total. The summed E-state index contributed by atoms with van der Waals surface area (Å²) in [5.74, 6) is 1.19. The van der Waals surface area contributed by atoms with E-state index in [0.717, 1.165) is 197 Å². The molecule has 27 aromatic rings. The van der Waals surface area contributed by atoms with E-state index in [1.54, 1.807) is 0 Å². The number of hydrogen-bond donors (Lipinski definition) is 0. The molecule has 0 aliphatic rings. The van der Waals surface area contributed by atoms with E-state index in [9.17, 15) is 0 Å². The zero-order valence-corrected chi connectivity index (χ0v) is 66.8. The van der Waals surface area contributed by atoms with E-state index in [-0.39, 0.29) is 0 Å². The molecule has 0 aliphatic carbocycles. The Balaban J connectivity index is 0.000000132. The molecule has 570 valence electrons. The van der Waals surface area contributed by atoms with Crippen molar-refractivity contribution < 1.29 is 8.83 Å². The molecule has 0 aliphatic heterocycles. The molecule has 0 unspecified atom stereocenters. The van der Waals surface area contributed by atoms with Crippen LogP contribution in [0.15, 0.2) is 409 Å². The van der Waals surface area contributed by atoms with Crippen LogP contribution in [0.2, 0.25) is 0 Å². The van der Waals surface area contributed by atoms with Gasteiger partial charge in [-0.25, -0.2) is 19.9 Å². The number of nitrogens with zero attached hydrogens (tertiary/aromatic N) is 6. The zero-order valence-electron chi connectivity index (χ0n) is 66.0. The summed E-state index contributed by atoms with van der Waals surface area (Å²) in [6.07, 6.45) is 0. The van der Waals surface area contributed by atoms with Gasteiger partial charge in [0.2, 0.25) is 11.9 Å². The highest BCUT2D eigenvalue weighted by Crippen LogP contribution is 2.51. The van der Waals surface area contributed by atoms with E-state index in [1.807, 2.05) is 17.4 Å². The van der Waals surface area contributed by atoms with Gasteiger partial charge in [0.1, 0.15) is 22.2 Å². The van der Waals surface area contributed by atoms with Crippen molar-refractivity contribution in [1.29, 1.82) is 0 Å². The van der Waals surface area contributed by atoms with Gasteiger partial charge in [-0.3, -0.25) is 9.13 Å². The average molecular weight is 1580 g/mol. The molecule has 7 aromatic heterocycles. The number of para-hydroxylation sites is 3. The summed E-state index contributed by atoms with van der Waals surface area (Å²) < 4.78 is 21.3. The van der Waals surface area contributed by atoms with Gasteiger partial charge in [-0.2, -0.15) is 0 Å². The van der Waals surface area contributed by atoms with Crippen molar-refractivity contribution in [2.45, 2.75) is 0 Å². The summed E-state index contributed by atoms with van der Waals surface area (Å²) in [7, 11) is 0. The Morgan fingerprint density at radius 2 is 0.610 bits per heavy atom. The quantitative estimate of drug-likeness (QED) is 0.141. The van der Waals surface area contributed by atoms with Crippen molar-refractivity contribution in [3.63, 3.8) is 0 Å². The first kappa shape index (κ1) is 68.8. The predicted molar refractivity (Wildman–Crippen MR) is 515 cm³/mol. The summed E-state index contributed by atoms with van der Waals surface area (Å²) in [5, 5.41) is 24.9. The largest absolute Gasteiger partial charge is 0.454 e. The van der Waals surface area contributed by atoms with Crippen LogP contribution in [0.25, 0.3) is 262 Å². The summed E-state index contributed by atoms with van der Waals surface area (Å²) in [6.45, 7) is 0. The molecule has 27 rings (SSSR count). The van der Waals surface area contributed by atoms with Crippen molar-refractivity contribution in [1.82, 2.24) is 29.1 Å². The molecule has 0 spiro atoms. The normalized spacial score (nSPS) is 12.1. The predicted octanol–water partition coefficient (Wildman–Crippen LogP) is 31.4. The first-order chi connectivity index (χ1) is 61.0. The molecule has 20 aromatic carbocycles. The van der Waals surface area contributed by atoms with Crippen LogP contribution in [-0.2, 0) is 0 Å². The first-order valence-corrected chi connectivity index (χ1v) is 42.5. The van der Waals surface area contributed by atoms with Crippen molar-refractivity contribution in [3.05, 3.63) is 400 Å². The van der Waals surface area contributed by atoms with Gasteiger partial charge in [0.05, 0.1) is 33.5 Å². The van der Waals surface area contributed by atoms with Gasteiger partial charge in [0.15, 0.2) is 11.2 Å². The maximum atomic E-state index is 7.23. The Bertz CT molecular complexity index is 9150. The monoisotopic (exact) mass is 1580 g/mol. The molecule has 0 bridgehead atoms. The molecule has 0 radical (unpaired) electrons.